The third-order valence-corrected chi connectivity index (χ3v) is 3.64. The second kappa shape index (κ2) is 6.92. The summed E-state index contributed by atoms with van der Waals surface area (Å²) in [4.78, 5) is 12.1. The lowest BCUT2D eigenvalue weighted by Crippen LogP contribution is -1.93. The summed E-state index contributed by atoms with van der Waals surface area (Å²) < 4.78 is 13.0. The van der Waals surface area contributed by atoms with Gasteiger partial charge in [-0.3, -0.25) is 4.79 Å². The average molecular weight is 318 g/mol. The highest BCUT2D eigenvalue weighted by Gasteiger charge is 2.02. The van der Waals surface area contributed by atoms with Gasteiger partial charge in [0, 0.05) is 5.56 Å². The van der Waals surface area contributed by atoms with Gasteiger partial charge >= 0.3 is 0 Å². The Labute approximate surface area is 139 Å². The zero-order valence-electron chi connectivity index (χ0n) is 12.8. The molecule has 0 aromatic heterocycles. The lowest BCUT2D eigenvalue weighted by Gasteiger charge is -2.03. The van der Waals surface area contributed by atoms with E-state index in [9.17, 15) is 14.3 Å². The number of rotatable bonds is 4. The molecule has 0 unspecified atom stereocenters. The van der Waals surface area contributed by atoms with E-state index in [2.05, 4.69) is 0 Å². The lowest BCUT2D eigenvalue weighted by molar-refractivity contribution is 0.104. The molecule has 0 aliphatic heterocycles. The molecule has 0 fully saturated rings. The first-order valence-corrected chi connectivity index (χ1v) is 7.49. The topological polar surface area (TPSA) is 37.3 Å². The maximum absolute atomic E-state index is 13.0. The summed E-state index contributed by atoms with van der Waals surface area (Å²) in [6, 6.07) is 20.1. The fourth-order valence-corrected chi connectivity index (χ4v) is 2.36. The van der Waals surface area contributed by atoms with Gasteiger partial charge in [-0.15, -0.1) is 0 Å². The van der Waals surface area contributed by atoms with Crippen LogP contribution in [0.3, 0.4) is 0 Å². The molecule has 0 bridgehead atoms. The number of hydrogen-bond donors (Lipinski definition) is 1. The predicted octanol–water partition coefficient (Wildman–Crippen LogP) is 5.09. The van der Waals surface area contributed by atoms with Crippen LogP contribution < -0.4 is 0 Å². The van der Waals surface area contributed by atoms with Gasteiger partial charge in [-0.05, 0) is 65.2 Å². The largest absolute Gasteiger partial charge is 0.508 e. The molecule has 3 rings (SSSR count). The Hall–Kier alpha value is -3.20. The van der Waals surface area contributed by atoms with Crippen molar-refractivity contribution in [3.63, 3.8) is 0 Å². The van der Waals surface area contributed by atoms with Crippen LogP contribution in [0.25, 0.3) is 17.2 Å². The van der Waals surface area contributed by atoms with Crippen LogP contribution in [0.15, 0.2) is 78.9 Å². The van der Waals surface area contributed by atoms with E-state index in [0.717, 1.165) is 16.7 Å². The van der Waals surface area contributed by atoms with Crippen LogP contribution >= 0.6 is 0 Å². The van der Waals surface area contributed by atoms with Crippen molar-refractivity contribution in [2.75, 3.05) is 0 Å². The van der Waals surface area contributed by atoms with Gasteiger partial charge in [-0.2, -0.15) is 0 Å². The lowest BCUT2D eigenvalue weighted by atomic mass is 10.0. The molecule has 1 N–H and O–H groups in total. The second-order valence-corrected chi connectivity index (χ2v) is 5.38. The highest BCUT2D eigenvalue weighted by atomic mass is 19.1. The molecule has 0 spiro atoms. The highest BCUT2D eigenvalue weighted by molar-refractivity contribution is 6.06. The van der Waals surface area contributed by atoms with Crippen molar-refractivity contribution >= 4 is 11.9 Å². The maximum atomic E-state index is 13.0. The number of phenols is 1. The molecule has 2 nitrogen and oxygen atoms in total. The Balaban J connectivity index is 1.80. The van der Waals surface area contributed by atoms with Gasteiger partial charge in [-0.1, -0.05) is 36.4 Å². The van der Waals surface area contributed by atoms with Crippen molar-refractivity contribution in [2.45, 2.75) is 0 Å². The van der Waals surface area contributed by atoms with E-state index in [-0.39, 0.29) is 17.3 Å². The molecule has 0 amide bonds. The number of halogens is 1. The molecule has 24 heavy (non-hydrogen) atoms. The summed E-state index contributed by atoms with van der Waals surface area (Å²) in [7, 11) is 0. The van der Waals surface area contributed by atoms with Crippen molar-refractivity contribution in [3.05, 3.63) is 95.8 Å². The number of phenolic OH excluding ortho intramolecular Hbond substituents is 1. The summed E-state index contributed by atoms with van der Waals surface area (Å²) in [5.74, 6) is -0.279. The molecule has 0 saturated heterocycles. The fraction of sp³-hybridized carbons (Fsp3) is 0. The standard InChI is InChI=1S/C21H15FO2/c22-19-9-5-16(6-10-19)18-3-1-2-15(14-18)4-13-21(24)17-7-11-20(23)12-8-17/h1-14,23H/b13-4+. The normalized spacial score (nSPS) is 10.9. The van der Waals surface area contributed by atoms with E-state index < -0.39 is 0 Å². The first-order valence-electron chi connectivity index (χ1n) is 7.49. The molecule has 118 valence electrons. The SMILES string of the molecule is O=C(/C=C/c1cccc(-c2ccc(F)cc2)c1)c1ccc(O)cc1. The summed E-state index contributed by atoms with van der Waals surface area (Å²) in [6.07, 6.45) is 3.23. The Morgan fingerprint density at radius 2 is 1.58 bits per heavy atom. The number of benzene rings is 3. The second-order valence-electron chi connectivity index (χ2n) is 5.38. The molecular weight excluding hydrogens is 303 g/mol. The average Bonchev–Trinajstić information content (AvgIpc) is 2.61. The van der Waals surface area contributed by atoms with Crippen LogP contribution in [-0.4, -0.2) is 10.9 Å². The van der Waals surface area contributed by atoms with Crippen LogP contribution in [0.1, 0.15) is 15.9 Å². The third kappa shape index (κ3) is 3.76. The minimum absolute atomic E-state index is 0.127. The monoisotopic (exact) mass is 318 g/mol. The van der Waals surface area contributed by atoms with Crippen LogP contribution in [0.4, 0.5) is 4.39 Å². The summed E-state index contributed by atoms with van der Waals surface area (Å²) in [5, 5.41) is 9.25. The van der Waals surface area contributed by atoms with Crippen molar-refractivity contribution < 1.29 is 14.3 Å². The van der Waals surface area contributed by atoms with Crippen molar-refractivity contribution in [3.8, 4) is 16.9 Å². The Morgan fingerprint density at radius 3 is 2.29 bits per heavy atom. The molecule has 0 radical (unpaired) electrons. The molecule has 3 heteroatoms. The smallest absolute Gasteiger partial charge is 0.185 e. The molecule has 0 aliphatic carbocycles. The first-order chi connectivity index (χ1) is 11.6. The zero-order valence-corrected chi connectivity index (χ0v) is 12.8. The van der Waals surface area contributed by atoms with Gasteiger partial charge in [0.2, 0.25) is 0 Å². The number of aromatic hydroxyl groups is 1. The summed E-state index contributed by atoms with van der Waals surface area (Å²) >= 11 is 0. The van der Waals surface area contributed by atoms with Crippen LogP contribution in [0, 0.1) is 5.82 Å². The molecule has 0 aliphatic rings. The molecule has 3 aromatic carbocycles. The number of ketones is 1. The number of hydrogen-bond acceptors (Lipinski definition) is 2. The molecule has 3 aromatic rings. The van der Waals surface area contributed by atoms with E-state index in [1.54, 1.807) is 30.3 Å². The molecule has 0 heterocycles. The van der Waals surface area contributed by atoms with E-state index in [0.29, 0.717) is 5.56 Å². The van der Waals surface area contributed by atoms with E-state index in [4.69, 9.17) is 0 Å². The number of allylic oxidation sites excluding steroid dienone is 1. The van der Waals surface area contributed by atoms with E-state index in [1.165, 1.54) is 30.3 Å². The van der Waals surface area contributed by atoms with Gasteiger partial charge in [-0.25, -0.2) is 4.39 Å². The first kappa shape index (κ1) is 15.7. The quantitative estimate of drug-likeness (QED) is 0.537. The van der Waals surface area contributed by atoms with Gasteiger partial charge in [0.1, 0.15) is 11.6 Å². The Morgan fingerprint density at radius 1 is 0.875 bits per heavy atom. The van der Waals surface area contributed by atoms with Gasteiger partial charge in [0.05, 0.1) is 0 Å². The predicted molar refractivity (Wildman–Crippen MR) is 93.3 cm³/mol. The van der Waals surface area contributed by atoms with Crippen molar-refractivity contribution in [1.29, 1.82) is 0 Å². The molecular formula is C21H15FO2. The Kier molecular flexibility index (Phi) is 4.52. The van der Waals surface area contributed by atoms with Gasteiger partial charge in [0.25, 0.3) is 0 Å². The summed E-state index contributed by atoms with van der Waals surface area (Å²) in [6.45, 7) is 0. The molecule has 0 atom stereocenters. The highest BCUT2D eigenvalue weighted by Crippen LogP contribution is 2.21. The fourth-order valence-electron chi connectivity index (χ4n) is 2.36. The number of carbonyl (C=O) groups excluding carboxylic acids is 1. The zero-order chi connectivity index (χ0) is 16.9. The summed E-state index contributed by atoms with van der Waals surface area (Å²) in [5.41, 5.74) is 3.26. The third-order valence-electron chi connectivity index (χ3n) is 3.64. The van der Waals surface area contributed by atoms with Crippen molar-refractivity contribution in [1.82, 2.24) is 0 Å². The minimum Gasteiger partial charge on any atom is -0.508 e. The number of carbonyl (C=O) groups is 1. The molecule has 0 saturated carbocycles. The minimum atomic E-state index is -0.269. The van der Waals surface area contributed by atoms with Crippen LogP contribution in [0.5, 0.6) is 5.75 Å². The maximum Gasteiger partial charge on any atom is 0.185 e. The Bertz CT molecular complexity index is 878. The van der Waals surface area contributed by atoms with Gasteiger partial charge in [0.15, 0.2) is 5.78 Å². The van der Waals surface area contributed by atoms with Gasteiger partial charge < -0.3 is 5.11 Å². The van der Waals surface area contributed by atoms with E-state index >= 15 is 0 Å². The van der Waals surface area contributed by atoms with Crippen LogP contribution in [0.2, 0.25) is 0 Å². The van der Waals surface area contributed by atoms with E-state index in [1.807, 2.05) is 24.3 Å². The van der Waals surface area contributed by atoms with Crippen molar-refractivity contribution in [2.24, 2.45) is 0 Å². The van der Waals surface area contributed by atoms with Crippen LogP contribution in [-0.2, 0) is 0 Å².